The number of fused-ring (bicyclic) bond motifs is 5. The number of esters is 3. The zero-order chi connectivity index (χ0) is 22.6. The summed E-state index contributed by atoms with van der Waals surface area (Å²) in [6.07, 6.45) is 5.95. The molecule has 1 heterocycles. The third-order valence-electron chi connectivity index (χ3n) is 9.06. The molecule has 172 valence electrons. The van der Waals surface area contributed by atoms with E-state index in [-0.39, 0.29) is 59.2 Å². The lowest BCUT2D eigenvalue weighted by molar-refractivity contribution is -0.213. The van der Waals surface area contributed by atoms with Gasteiger partial charge in [-0.15, -0.1) is 11.6 Å². The maximum atomic E-state index is 12.3. The second kappa shape index (κ2) is 7.79. The number of hydrogen-bond acceptors (Lipinski definition) is 6. The number of cyclic esters (lactones) is 1. The van der Waals surface area contributed by atoms with Crippen LogP contribution in [0.15, 0.2) is 11.6 Å². The van der Waals surface area contributed by atoms with Crippen molar-refractivity contribution in [3.63, 3.8) is 0 Å². The van der Waals surface area contributed by atoms with Crippen LogP contribution in [0.5, 0.6) is 0 Å². The molecule has 4 aliphatic rings. The first-order valence-corrected chi connectivity index (χ1v) is 11.9. The maximum Gasteiger partial charge on any atom is 0.334 e. The van der Waals surface area contributed by atoms with Crippen LogP contribution < -0.4 is 0 Å². The Morgan fingerprint density at radius 1 is 1.16 bits per heavy atom. The number of ether oxygens (including phenoxy) is 3. The Balaban J connectivity index is 1.73. The van der Waals surface area contributed by atoms with Gasteiger partial charge in [0.25, 0.3) is 0 Å². The van der Waals surface area contributed by atoms with Crippen molar-refractivity contribution in [2.75, 3.05) is 19.1 Å². The molecule has 0 aromatic carbocycles. The highest BCUT2D eigenvalue weighted by Crippen LogP contribution is 2.69. The Morgan fingerprint density at radius 2 is 1.90 bits per heavy atom. The lowest BCUT2D eigenvalue weighted by atomic mass is 9.39. The highest BCUT2D eigenvalue weighted by atomic mass is 35.5. The summed E-state index contributed by atoms with van der Waals surface area (Å²) in [5.41, 5.74) is 0.0658. The summed E-state index contributed by atoms with van der Waals surface area (Å²) in [5, 5.41) is 0. The van der Waals surface area contributed by atoms with Crippen molar-refractivity contribution in [2.24, 2.45) is 34.0 Å². The van der Waals surface area contributed by atoms with Gasteiger partial charge in [-0.3, -0.25) is 9.59 Å². The van der Waals surface area contributed by atoms with Crippen LogP contribution in [0.1, 0.15) is 59.8 Å². The third-order valence-corrected chi connectivity index (χ3v) is 9.56. The molecule has 0 aromatic rings. The largest absolute Gasteiger partial charge is 0.465 e. The van der Waals surface area contributed by atoms with Gasteiger partial charge >= 0.3 is 17.9 Å². The molecule has 1 aliphatic heterocycles. The van der Waals surface area contributed by atoms with Crippen LogP contribution >= 0.6 is 11.6 Å². The Labute approximate surface area is 189 Å². The van der Waals surface area contributed by atoms with Crippen LogP contribution in [-0.2, 0) is 28.6 Å². The molecule has 7 heteroatoms. The van der Waals surface area contributed by atoms with Gasteiger partial charge in [-0.2, -0.15) is 0 Å². The molecule has 1 saturated heterocycles. The predicted octanol–water partition coefficient (Wildman–Crippen LogP) is 4.04. The zero-order valence-electron chi connectivity index (χ0n) is 18.9. The van der Waals surface area contributed by atoms with Crippen LogP contribution in [0.4, 0.5) is 0 Å². The summed E-state index contributed by atoms with van der Waals surface area (Å²) >= 11 is 6.69. The van der Waals surface area contributed by atoms with Crippen LogP contribution in [0.25, 0.3) is 0 Å². The van der Waals surface area contributed by atoms with E-state index in [1.807, 2.05) is 0 Å². The fraction of sp³-hybridized carbons (Fsp3) is 0.792. The number of alkyl halides is 1. The summed E-state index contributed by atoms with van der Waals surface area (Å²) in [5.74, 6) is 0.194. The minimum Gasteiger partial charge on any atom is -0.465 e. The van der Waals surface area contributed by atoms with E-state index in [1.54, 1.807) is 0 Å². The first-order valence-electron chi connectivity index (χ1n) is 11.3. The van der Waals surface area contributed by atoms with E-state index in [4.69, 9.17) is 25.8 Å². The van der Waals surface area contributed by atoms with Crippen LogP contribution in [0, 0.1) is 34.0 Å². The molecule has 0 amide bonds. The van der Waals surface area contributed by atoms with E-state index >= 15 is 0 Å². The standard InChI is InChI=1S/C24H33ClO6/c1-14(26)30-13-23(4)18-7-10-24(12-25)17-11-29-21(28)16(17)5-6-19(24)22(18,3)9-8-20(23)31-15(2)27/h5,17-20H,6-13H2,1-4H3/t17-,18-,19-,20+,22+,23-,24-/m0/s1. The second-order valence-electron chi connectivity index (χ2n) is 10.5. The monoisotopic (exact) mass is 452 g/mol. The van der Waals surface area contributed by atoms with Crippen molar-refractivity contribution < 1.29 is 28.6 Å². The van der Waals surface area contributed by atoms with Gasteiger partial charge in [0.15, 0.2) is 0 Å². The summed E-state index contributed by atoms with van der Waals surface area (Å²) in [6, 6.07) is 0. The van der Waals surface area contributed by atoms with E-state index in [2.05, 4.69) is 19.9 Å². The van der Waals surface area contributed by atoms with Gasteiger partial charge in [-0.25, -0.2) is 4.79 Å². The molecule has 3 fully saturated rings. The van der Waals surface area contributed by atoms with E-state index < -0.39 is 5.41 Å². The minimum absolute atomic E-state index is 0.0416. The van der Waals surface area contributed by atoms with Crippen LogP contribution in [-0.4, -0.2) is 43.1 Å². The van der Waals surface area contributed by atoms with Gasteiger partial charge in [0, 0.05) is 36.6 Å². The summed E-state index contributed by atoms with van der Waals surface area (Å²) < 4.78 is 16.7. The Morgan fingerprint density at radius 3 is 2.55 bits per heavy atom. The van der Waals surface area contributed by atoms with Crippen molar-refractivity contribution in [3.05, 3.63) is 11.6 Å². The van der Waals surface area contributed by atoms with E-state index in [9.17, 15) is 14.4 Å². The van der Waals surface area contributed by atoms with Crippen LogP contribution in [0.2, 0.25) is 0 Å². The Hall–Kier alpha value is -1.56. The van der Waals surface area contributed by atoms with Crippen molar-refractivity contribution in [1.82, 2.24) is 0 Å². The fourth-order valence-corrected chi connectivity index (χ4v) is 8.19. The molecule has 0 bridgehead atoms. The summed E-state index contributed by atoms with van der Waals surface area (Å²) in [6.45, 7) is 7.92. The molecular weight excluding hydrogens is 420 g/mol. The number of carbonyl (C=O) groups excluding carboxylic acids is 3. The van der Waals surface area contributed by atoms with E-state index in [0.29, 0.717) is 12.5 Å². The van der Waals surface area contributed by atoms with Crippen molar-refractivity contribution >= 4 is 29.5 Å². The lowest BCUT2D eigenvalue weighted by Crippen LogP contribution is -2.64. The number of hydrogen-bond donors (Lipinski definition) is 0. The fourth-order valence-electron chi connectivity index (χ4n) is 7.68. The van der Waals surface area contributed by atoms with Crippen molar-refractivity contribution in [2.45, 2.75) is 65.9 Å². The molecule has 0 aromatic heterocycles. The normalized spacial score (nSPS) is 43.6. The topological polar surface area (TPSA) is 78.9 Å². The second-order valence-corrected chi connectivity index (χ2v) is 10.8. The predicted molar refractivity (Wildman–Crippen MR) is 114 cm³/mol. The number of halogens is 1. The van der Waals surface area contributed by atoms with Crippen molar-refractivity contribution in [3.8, 4) is 0 Å². The smallest absolute Gasteiger partial charge is 0.334 e. The average Bonchev–Trinajstić information content (AvgIpc) is 3.10. The minimum atomic E-state index is -0.477. The quantitative estimate of drug-likeness (QED) is 0.364. The Bertz CT molecular complexity index is 823. The van der Waals surface area contributed by atoms with Crippen molar-refractivity contribution in [1.29, 1.82) is 0 Å². The number of rotatable bonds is 4. The first-order chi connectivity index (χ1) is 14.6. The molecule has 6 nitrogen and oxygen atoms in total. The molecule has 31 heavy (non-hydrogen) atoms. The Kier molecular flexibility index (Phi) is 5.68. The molecule has 2 saturated carbocycles. The lowest BCUT2D eigenvalue weighted by Gasteiger charge is -2.66. The highest BCUT2D eigenvalue weighted by Gasteiger charge is 2.67. The van der Waals surface area contributed by atoms with Gasteiger partial charge in [0.2, 0.25) is 0 Å². The molecule has 0 spiro atoms. The van der Waals surface area contributed by atoms with Crippen LogP contribution in [0.3, 0.4) is 0 Å². The van der Waals surface area contributed by atoms with Gasteiger partial charge in [-0.1, -0.05) is 19.9 Å². The van der Waals surface area contributed by atoms with E-state index in [1.165, 1.54) is 13.8 Å². The molecule has 0 unspecified atom stereocenters. The SMILES string of the molecule is CC(=O)OC[C@@]1(C)[C@H]2CC[C@]3(CCl)[C@H]4COC(=O)C4=CC[C@H]3[C@]2(C)CC[C@H]1OC(C)=O. The molecule has 3 aliphatic carbocycles. The highest BCUT2D eigenvalue weighted by molar-refractivity contribution is 6.18. The molecule has 7 atom stereocenters. The average molecular weight is 453 g/mol. The maximum absolute atomic E-state index is 12.3. The van der Waals surface area contributed by atoms with Gasteiger partial charge in [0.05, 0.1) is 6.61 Å². The number of carbonyl (C=O) groups is 3. The van der Waals surface area contributed by atoms with Gasteiger partial charge in [0.1, 0.15) is 12.7 Å². The summed E-state index contributed by atoms with van der Waals surface area (Å²) in [4.78, 5) is 35.8. The van der Waals surface area contributed by atoms with E-state index in [0.717, 1.165) is 37.7 Å². The molecule has 0 N–H and O–H groups in total. The first kappa shape index (κ1) is 22.6. The van der Waals surface area contributed by atoms with Gasteiger partial charge in [-0.05, 0) is 54.8 Å². The molecule has 4 rings (SSSR count). The molecular formula is C24H33ClO6. The van der Waals surface area contributed by atoms with Gasteiger partial charge < -0.3 is 14.2 Å². The number of allylic oxidation sites excluding steroid dienone is 1. The molecule has 0 radical (unpaired) electrons. The third kappa shape index (κ3) is 3.32. The zero-order valence-corrected chi connectivity index (χ0v) is 19.6. The summed E-state index contributed by atoms with van der Waals surface area (Å²) in [7, 11) is 0.